The second-order valence-corrected chi connectivity index (χ2v) is 4.62. The Labute approximate surface area is 125 Å². The largest absolute Gasteiger partial charge is 0.464 e. The van der Waals surface area contributed by atoms with Crippen LogP contribution in [0.5, 0.6) is 0 Å². The van der Waals surface area contributed by atoms with Gasteiger partial charge < -0.3 is 10.1 Å². The molecule has 0 fully saturated rings. The Kier molecular flexibility index (Phi) is 4.76. The van der Waals surface area contributed by atoms with Gasteiger partial charge in [0.25, 0.3) is 0 Å². The third kappa shape index (κ3) is 3.37. The number of carbonyl (C=O) groups is 1. The monoisotopic (exact) mass is 311 g/mol. The standard InChI is InChI=1S/C13H11Cl2N3O2/c1-20-13(19)12-11(15)9(6-10(14)18-12)17-7-8-2-4-16-5-3-8/h2-6H,7H2,1H3,(H,17,18). The molecule has 2 aromatic rings. The fourth-order valence-corrected chi connectivity index (χ4v) is 1.99. The molecule has 0 radical (unpaired) electrons. The van der Waals surface area contributed by atoms with E-state index >= 15 is 0 Å². The third-order valence-corrected chi connectivity index (χ3v) is 3.11. The topological polar surface area (TPSA) is 64.1 Å². The molecule has 0 amide bonds. The van der Waals surface area contributed by atoms with Crippen molar-refractivity contribution in [1.29, 1.82) is 0 Å². The van der Waals surface area contributed by atoms with Crippen LogP contribution in [0.4, 0.5) is 5.69 Å². The number of methoxy groups -OCH3 is 1. The van der Waals surface area contributed by atoms with E-state index in [9.17, 15) is 4.79 Å². The minimum absolute atomic E-state index is 0.0149. The molecule has 0 atom stereocenters. The summed E-state index contributed by atoms with van der Waals surface area (Å²) in [5.74, 6) is -0.635. The van der Waals surface area contributed by atoms with Gasteiger partial charge in [0.1, 0.15) is 5.15 Å². The average molecular weight is 312 g/mol. The maximum Gasteiger partial charge on any atom is 0.358 e. The van der Waals surface area contributed by atoms with Crippen LogP contribution in [0.3, 0.4) is 0 Å². The maximum absolute atomic E-state index is 11.5. The molecule has 0 aliphatic carbocycles. The van der Waals surface area contributed by atoms with Crippen LogP contribution in [0.2, 0.25) is 10.2 Å². The summed E-state index contributed by atoms with van der Waals surface area (Å²) in [6, 6.07) is 5.29. The Morgan fingerprint density at radius 2 is 2.05 bits per heavy atom. The summed E-state index contributed by atoms with van der Waals surface area (Å²) in [7, 11) is 1.26. The van der Waals surface area contributed by atoms with E-state index in [1.165, 1.54) is 7.11 Å². The van der Waals surface area contributed by atoms with Crippen molar-refractivity contribution in [1.82, 2.24) is 9.97 Å². The molecule has 2 rings (SSSR count). The third-order valence-electron chi connectivity index (χ3n) is 2.54. The van der Waals surface area contributed by atoms with E-state index in [1.54, 1.807) is 18.5 Å². The number of nitrogens with zero attached hydrogens (tertiary/aromatic N) is 2. The van der Waals surface area contributed by atoms with Crippen molar-refractivity contribution < 1.29 is 9.53 Å². The zero-order valence-electron chi connectivity index (χ0n) is 10.6. The second-order valence-electron chi connectivity index (χ2n) is 3.86. The van der Waals surface area contributed by atoms with E-state index in [4.69, 9.17) is 23.2 Å². The molecule has 0 aliphatic heterocycles. The summed E-state index contributed by atoms with van der Waals surface area (Å²) in [6.07, 6.45) is 3.38. The number of rotatable bonds is 4. The molecule has 1 N–H and O–H groups in total. The molecule has 0 aromatic carbocycles. The van der Waals surface area contributed by atoms with E-state index < -0.39 is 5.97 Å². The minimum atomic E-state index is -0.635. The number of esters is 1. The highest BCUT2D eigenvalue weighted by Crippen LogP contribution is 2.28. The van der Waals surface area contributed by atoms with Crippen LogP contribution in [0.15, 0.2) is 30.6 Å². The highest BCUT2D eigenvalue weighted by Gasteiger charge is 2.17. The Morgan fingerprint density at radius 3 is 2.70 bits per heavy atom. The lowest BCUT2D eigenvalue weighted by Crippen LogP contribution is -2.08. The van der Waals surface area contributed by atoms with Crippen molar-refractivity contribution in [2.45, 2.75) is 6.54 Å². The van der Waals surface area contributed by atoms with Crippen LogP contribution in [0.25, 0.3) is 0 Å². The Hall–Kier alpha value is -1.85. The van der Waals surface area contributed by atoms with Gasteiger partial charge in [-0.2, -0.15) is 0 Å². The van der Waals surface area contributed by atoms with Gasteiger partial charge in [0.2, 0.25) is 0 Å². The van der Waals surface area contributed by atoms with Crippen molar-refractivity contribution in [3.63, 3.8) is 0 Å². The Bertz CT molecular complexity index is 621. The molecule has 0 saturated carbocycles. The summed E-state index contributed by atoms with van der Waals surface area (Å²) in [5.41, 5.74) is 1.52. The van der Waals surface area contributed by atoms with E-state index in [0.717, 1.165) is 5.56 Å². The number of nitrogens with one attached hydrogen (secondary N) is 1. The van der Waals surface area contributed by atoms with Crippen LogP contribution < -0.4 is 5.32 Å². The molecule has 7 heteroatoms. The van der Waals surface area contributed by atoms with Gasteiger partial charge in [0.05, 0.1) is 17.8 Å². The van der Waals surface area contributed by atoms with Gasteiger partial charge in [-0.3, -0.25) is 4.98 Å². The fourth-order valence-electron chi connectivity index (χ4n) is 1.56. The van der Waals surface area contributed by atoms with E-state index in [1.807, 2.05) is 12.1 Å². The first-order valence-corrected chi connectivity index (χ1v) is 6.44. The molecule has 104 valence electrons. The molecule has 0 aliphatic rings. The van der Waals surface area contributed by atoms with Crippen molar-refractivity contribution in [3.8, 4) is 0 Å². The quantitative estimate of drug-likeness (QED) is 0.694. The molecular formula is C13H11Cl2N3O2. The van der Waals surface area contributed by atoms with Crippen molar-refractivity contribution >= 4 is 34.9 Å². The van der Waals surface area contributed by atoms with Crippen LogP contribution >= 0.6 is 23.2 Å². The van der Waals surface area contributed by atoms with E-state index in [-0.39, 0.29) is 15.9 Å². The number of anilines is 1. The number of aromatic nitrogens is 2. The predicted molar refractivity (Wildman–Crippen MR) is 77.2 cm³/mol. The van der Waals surface area contributed by atoms with Crippen molar-refractivity contribution in [3.05, 3.63) is 52.0 Å². The van der Waals surface area contributed by atoms with Crippen molar-refractivity contribution in [2.75, 3.05) is 12.4 Å². The molecule has 0 saturated heterocycles. The maximum atomic E-state index is 11.5. The smallest absolute Gasteiger partial charge is 0.358 e. The molecule has 0 unspecified atom stereocenters. The lowest BCUT2D eigenvalue weighted by Gasteiger charge is -2.11. The van der Waals surface area contributed by atoms with Gasteiger partial charge in [-0.25, -0.2) is 9.78 Å². The molecular weight excluding hydrogens is 301 g/mol. The SMILES string of the molecule is COC(=O)c1nc(Cl)cc(NCc2ccncc2)c1Cl. The van der Waals surface area contributed by atoms with Gasteiger partial charge in [-0.1, -0.05) is 23.2 Å². The first-order chi connectivity index (χ1) is 9.61. The summed E-state index contributed by atoms with van der Waals surface area (Å²) >= 11 is 12.0. The molecule has 2 heterocycles. The number of hydrogen-bond acceptors (Lipinski definition) is 5. The van der Waals surface area contributed by atoms with Crippen LogP contribution in [0, 0.1) is 0 Å². The summed E-state index contributed by atoms with van der Waals surface area (Å²) in [4.78, 5) is 19.4. The first-order valence-electron chi connectivity index (χ1n) is 5.69. The number of pyridine rings is 2. The Balaban J connectivity index is 2.23. The number of hydrogen-bond donors (Lipinski definition) is 1. The van der Waals surface area contributed by atoms with Gasteiger partial charge in [0.15, 0.2) is 5.69 Å². The highest BCUT2D eigenvalue weighted by molar-refractivity contribution is 6.37. The Morgan fingerprint density at radius 1 is 1.35 bits per heavy atom. The molecule has 2 aromatic heterocycles. The molecule has 0 spiro atoms. The molecule has 0 bridgehead atoms. The highest BCUT2D eigenvalue weighted by atomic mass is 35.5. The van der Waals surface area contributed by atoms with E-state index in [2.05, 4.69) is 20.0 Å². The zero-order valence-corrected chi connectivity index (χ0v) is 12.1. The minimum Gasteiger partial charge on any atom is -0.464 e. The van der Waals surface area contributed by atoms with Gasteiger partial charge in [0, 0.05) is 25.0 Å². The lowest BCUT2D eigenvalue weighted by atomic mass is 10.2. The number of halogens is 2. The van der Waals surface area contributed by atoms with Crippen LogP contribution in [0.1, 0.15) is 16.1 Å². The zero-order chi connectivity index (χ0) is 14.5. The average Bonchev–Trinajstić information content (AvgIpc) is 2.48. The van der Waals surface area contributed by atoms with Crippen LogP contribution in [-0.4, -0.2) is 23.0 Å². The second kappa shape index (κ2) is 6.54. The van der Waals surface area contributed by atoms with E-state index in [0.29, 0.717) is 12.2 Å². The van der Waals surface area contributed by atoms with Gasteiger partial charge in [-0.05, 0) is 17.7 Å². The summed E-state index contributed by atoms with van der Waals surface area (Å²) in [5, 5.41) is 3.43. The summed E-state index contributed by atoms with van der Waals surface area (Å²) < 4.78 is 4.61. The first kappa shape index (κ1) is 14.6. The summed E-state index contributed by atoms with van der Waals surface area (Å²) in [6.45, 7) is 0.517. The number of ether oxygens (including phenoxy) is 1. The van der Waals surface area contributed by atoms with Gasteiger partial charge >= 0.3 is 5.97 Å². The lowest BCUT2D eigenvalue weighted by molar-refractivity contribution is 0.0594. The molecule has 5 nitrogen and oxygen atoms in total. The normalized spacial score (nSPS) is 10.2. The molecule has 20 heavy (non-hydrogen) atoms. The fraction of sp³-hybridized carbons (Fsp3) is 0.154. The van der Waals surface area contributed by atoms with Crippen molar-refractivity contribution in [2.24, 2.45) is 0 Å². The number of carbonyl (C=O) groups excluding carboxylic acids is 1. The van der Waals surface area contributed by atoms with Crippen LogP contribution in [-0.2, 0) is 11.3 Å². The van der Waals surface area contributed by atoms with Gasteiger partial charge in [-0.15, -0.1) is 0 Å². The predicted octanol–water partition coefficient (Wildman–Crippen LogP) is 3.18.